The molecule has 1 rings (SSSR count). The smallest absolute Gasteiger partial charge is 0.0203 e. The standard InChI is InChI=1S/C17H22S/c1-3-5-10-16(11-6-4-2)14-15-18-17-12-8-7-9-13-17/h7-10,12-13H,3-6,11H2,1-2H3/b16-10-. The van der Waals surface area contributed by atoms with E-state index in [9.17, 15) is 0 Å². The van der Waals surface area contributed by atoms with Gasteiger partial charge < -0.3 is 0 Å². The number of hydrogen-bond acceptors (Lipinski definition) is 1. The highest BCUT2D eigenvalue weighted by atomic mass is 32.2. The molecule has 1 aromatic carbocycles. The highest BCUT2D eigenvalue weighted by Gasteiger charge is 1.93. The van der Waals surface area contributed by atoms with Gasteiger partial charge in [-0.3, -0.25) is 0 Å². The van der Waals surface area contributed by atoms with Crippen LogP contribution >= 0.6 is 11.8 Å². The average molecular weight is 258 g/mol. The van der Waals surface area contributed by atoms with E-state index in [1.165, 1.54) is 29.7 Å². The monoisotopic (exact) mass is 258 g/mol. The zero-order chi connectivity index (χ0) is 13.1. The van der Waals surface area contributed by atoms with Crippen LogP contribution in [0.25, 0.3) is 0 Å². The Kier molecular flexibility index (Phi) is 8.17. The maximum Gasteiger partial charge on any atom is 0.0203 e. The molecule has 0 amide bonds. The van der Waals surface area contributed by atoms with Crippen LogP contribution in [-0.2, 0) is 0 Å². The van der Waals surface area contributed by atoms with E-state index in [2.05, 4.69) is 55.4 Å². The van der Waals surface area contributed by atoms with Crippen molar-refractivity contribution in [2.75, 3.05) is 0 Å². The van der Waals surface area contributed by atoms with E-state index in [-0.39, 0.29) is 0 Å². The summed E-state index contributed by atoms with van der Waals surface area (Å²) in [7, 11) is 0. The topological polar surface area (TPSA) is 0 Å². The van der Waals surface area contributed by atoms with Gasteiger partial charge >= 0.3 is 0 Å². The molecule has 0 bridgehead atoms. The van der Waals surface area contributed by atoms with E-state index >= 15 is 0 Å². The first-order chi connectivity index (χ1) is 8.86. The summed E-state index contributed by atoms with van der Waals surface area (Å²) < 4.78 is 0. The van der Waals surface area contributed by atoms with Gasteiger partial charge in [0.05, 0.1) is 0 Å². The van der Waals surface area contributed by atoms with E-state index in [1.54, 1.807) is 11.8 Å². The maximum atomic E-state index is 3.31. The summed E-state index contributed by atoms with van der Waals surface area (Å²) in [6.07, 6.45) is 8.23. The van der Waals surface area contributed by atoms with Gasteiger partial charge in [-0.15, -0.1) is 0 Å². The largest absolute Gasteiger partial charge is 0.0729 e. The summed E-state index contributed by atoms with van der Waals surface area (Å²) in [4.78, 5) is 1.22. The van der Waals surface area contributed by atoms with Gasteiger partial charge in [-0.1, -0.05) is 56.9 Å². The molecule has 0 saturated carbocycles. The molecule has 1 heteroatoms. The third kappa shape index (κ3) is 6.57. The third-order valence-electron chi connectivity index (χ3n) is 2.60. The van der Waals surface area contributed by atoms with Gasteiger partial charge in [0.25, 0.3) is 0 Å². The number of rotatable bonds is 6. The SMILES string of the molecule is CCC/C=C(\C#CSc1ccccc1)CCCC. The minimum atomic E-state index is 1.12. The Labute approximate surface area is 116 Å². The molecule has 0 atom stereocenters. The summed E-state index contributed by atoms with van der Waals surface area (Å²) in [6.45, 7) is 4.43. The molecule has 0 nitrogen and oxygen atoms in total. The van der Waals surface area contributed by atoms with Crippen LogP contribution < -0.4 is 0 Å². The molecule has 0 fully saturated rings. The summed E-state index contributed by atoms with van der Waals surface area (Å²) in [5, 5.41) is 3.22. The van der Waals surface area contributed by atoms with Crippen LogP contribution in [-0.4, -0.2) is 0 Å². The fourth-order valence-corrected chi connectivity index (χ4v) is 2.13. The Bertz CT molecular complexity index is 406. The lowest BCUT2D eigenvalue weighted by Crippen LogP contribution is -1.80. The quantitative estimate of drug-likeness (QED) is 0.469. The minimum Gasteiger partial charge on any atom is -0.0729 e. The van der Waals surface area contributed by atoms with Crippen molar-refractivity contribution in [3.63, 3.8) is 0 Å². The molecular weight excluding hydrogens is 236 g/mol. The van der Waals surface area contributed by atoms with E-state index in [4.69, 9.17) is 0 Å². The van der Waals surface area contributed by atoms with Crippen molar-refractivity contribution in [3.05, 3.63) is 42.0 Å². The molecule has 0 aliphatic heterocycles. The summed E-state index contributed by atoms with van der Waals surface area (Å²) in [6, 6.07) is 10.3. The first-order valence-corrected chi connectivity index (χ1v) is 7.60. The van der Waals surface area contributed by atoms with Crippen molar-refractivity contribution >= 4 is 11.8 Å². The second-order valence-corrected chi connectivity index (χ2v) is 5.14. The van der Waals surface area contributed by atoms with Crippen LogP contribution in [0.3, 0.4) is 0 Å². The molecule has 18 heavy (non-hydrogen) atoms. The van der Waals surface area contributed by atoms with Crippen molar-refractivity contribution in [1.29, 1.82) is 0 Å². The second kappa shape index (κ2) is 9.85. The van der Waals surface area contributed by atoms with Crippen LogP contribution in [0.15, 0.2) is 46.9 Å². The highest BCUT2D eigenvalue weighted by Crippen LogP contribution is 2.16. The fraction of sp³-hybridized carbons (Fsp3) is 0.412. The first-order valence-electron chi connectivity index (χ1n) is 6.78. The van der Waals surface area contributed by atoms with Crippen LogP contribution in [0.5, 0.6) is 0 Å². The summed E-state index contributed by atoms with van der Waals surface area (Å²) in [5.74, 6) is 3.31. The van der Waals surface area contributed by atoms with Gasteiger partial charge in [0.2, 0.25) is 0 Å². The zero-order valence-electron chi connectivity index (χ0n) is 11.4. The molecule has 0 aliphatic rings. The van der Waals surface area contributed by atoms with Crippen molar-refractivity contribution in [1.82, 2.24) is 0 Å². The van der Waals surface area contributed by atoms with E-state index in [0.717, 1.165) is 12.8 Å². The normalized spacial score (nSPS) is 10.9. The third-order valence-corrected chi connectivity index (χ3v) is 3.31. The first kappa shape index (κ1) is 14.9. The van der Waals surface area contributed by atoms with E-state index in [1.807, 2.05) is 6.07 Å². The Morgan fingerprint density at radius 1 is 1.17 bits per heavy atom. The van der Waals surface area contributed by atoms with Crippen molar-refractivity contribution in [2.24, 2.45) is 0 Å². The van der Waals surface area contributed by atoms with Crippen molar-refractivity contribution in [2.45, 2.75) is 50.8 Å². The molecule has 0 unspecified atom stereocenters. The Balaban J connectivity index is 2.55. The molecule has 1 aromatic rings. The van der Waals surface area contributed by atoms with Gasteiger partial charge in [0.1, 0.15) is 0 Å². The zero-order valence-corrected chi connectivity index (χ0v) is 12.2. The molecule has 0 N–H and O–H groups in total. The Morgan fingerprint density at radius 3 is 2.61 bits per heavy atom. The second-order valence-electron chi connectivity index (χ2n) is 4.26. The van der Waals surface area contributed by atoms with Crippen molar-refractivity contribution < 1.29 is 0 Å². The van der Waals surface area contributed by atoms with Gasteiger partial charge in [0.15, 0.2) is 0 Å². The molecule has 96 valence electrons. The molecule has 0 spiro atoms. The Hall–Kier alpha value is -1.13. The van der Waals surface area contributed by atoms with E-state index < -0.39 is 0 Å². The van der Waals surface area contributed by atoms with Crippen LogP contribution in [0.4, 0.5) is 0 Å². The molecule has 0 saturated heterocycles. The minimum absolute atomic E-state index is 1.12. The van der Waals surface area contributed by atoms with Crippen LogP contribution in [0.1, 0.15) is 46.0 Å². The lowest BCUT2D eigenvalue weighted by atomic mass is 10.1. The molecule has 0 aliphatic carbocycles. The average Bonchev–Trinajstić information content (AvgIpc) is 2.42. The molecule has 0 heterocycles. The van der Waals surface area contributed by atoms with Gasteiger partial charge in [0, 0.05) is 4.90 Å². The molecular formula is C17H22S. The van der Waals surface area contributed by atoms with Gasteiger partial charge in [-0.25, -0.2) is 0 Å². The number of benzene rings is 1. The number of unbranched alkanes of at least 4 members (excludes halogenated alkanes) is 2. The lowest BCUT2D eigenvalue weighted by Gasteiger charge is -1.98. The Morgan fingerprint density at radius 2 is 1.94 bits per heavy atom. The molecule has 0 radical (unpaired) electrons. The predicted molar refractivity (Wildman–Crippen MR) is 82.6 cm³/mol. The van der Waals surface area contributed by atoms with Gasteiger partial charge in [-0.05, 0) is 54.0 Å². The fourth-order valence-electron chi connectivity index (χ4n) is 1.54. The summed E-state index contributed by atoms with van der Waals surface area (Å²) in [5.41, 5.74) is 1.31. The highest BCUT2D eigenvalue weighted by molar-refractivity contribution is 8.03. The number of hydrogen-bond donors (Lipinski definition) is 0. The van der Waals surface area contributed by atoms with E-state index in [0.29, 0.717) is 0 Å². The molecule has 0 aromatic heterocycles. The predicted octanol–water partition coefficient (Wildman–Crippen LogP) is 5.66. The van der Waals surface area contributed by atoms with Crippen LogP contribution in [0.2, 0.25) is 0 Å². The lowest BCUT2D eigenvalue weighted by molar-refractivity contribution is 0.795. The van der Waals surface area contributed by atoms with Crippen molar-refractivity contribution in [3.8, 4) is 11.2 Å². The maximum absolute atomic E-state index is 3.31. The number of thioether (sulfide) groups is 1. The van der Waals surface area contributed by atoms with Gasteiger partial charge in [-0.2, -0.15) is 0 Å². The summed E-state index contributed by atoms with van der Waals surface area (Å²) >= 11 is 1.61. The van der Waals surface area contributed by atoms with Crippen LogP contribution in [0, 0.1) is 11.2 Å². The number of allylic oxidation sites excluding steroid dienone is 2.